The maximum Gasteiger partial charge on any atom is 0.251 e. The quantitative estimate of drug-likeness (QED) is 0.865. The van der Waals surface area contributed by atoms with E-state index in [2.05, 4.69) is 10.3 Å². The number of aromatic nitrogens is 1. The van der Waals surface area contributed by atoms with Crippen molar-refractivity contribution < 1.29 is 17.9 Å². The second-order valence-electron chi connectivity index (χ2n) is 5.61. The minimum Gasteiger partial charge on any atom is -0.475 e. The molecule has 0 fully saturated rings. The highest BCUT2D eigenvalue weighted by molar-refractivity contribution is 7.90. The fourth-order valence-corrected chi connectivity index (χ4v) is 2.65. The lowest BCUT2D eigenvalue weighted by Crippen LogP contribution is -2.23. The summed E-state index contributed by atoms with van der Waals surface area (Å²) < 4.78 is 28.5. The highest BCUT2D eigenvalue weighted by Gasteiger charge is 2.11. The van der Waals surface area contributed by atoms with Crippen molar-refractivity contribution in [1.82, 2.24) is 10.3 Å². The number of ether oxygens (including phenoxy) is 1. The summed E-state index contributed by atoms with van der Waals surface area (Å²) in [5.74, 6) is 0.189. The van der Waals surface area contributed by atoms with E-state index in [9.17, 15) is 13.2 Å². The van der Waals surface area contributed by atoms with Gasteiger partial charge in [0.15, 0.2) is 9.84 Å². The number of pyridine rings is 1. The number of benzene rings is 1. The Morgan fingerprint density at radius 1 is 1.21 bits per heavy atom. The second kappa shape index (κ2) is 7.44. The van der Waals surface area contributed by atoms with Crippen LogP contribution in [0.4, 0.5) is 0 Å². The van der Waals surface area contributed by atoms with Crippen LogP contribution in [0, 0.1) is 0 Å². The normalized spacial score (nSPS) is 11.3. The number of carbonyl (C=O) groups is 1. The Bertz CT molecular complexity index is 815. The van der Waals surface area contributed by atoms with Gasteiger partial charge in [-0.3, -0.25) is 4.79 Å². The molecule has 0 radical (unpaired) electrons. The molecule has 1 aromatic heterocycles. The SMILES string of the molecule is CC(C)Oc1ncccc1CNC(=O)c1ccc(S(C)(=O)=O)cc1. The summed E-state index contributed by atoms with van der Waals surface area (Å²) >= 11 is 0. The van der Waals surface area contributed by atoms with Gasteiger partial charge in [-0.05, 0) is 44.2 Å². The van der Waals surface area contributed by atoms with Crippen LogP contribution < -0.4 is 10.1 Å². The van der Waals surface area contributed by atoms with E-state index in [-0.39, 0.29) is 23.5 Å². The zero-order chi connectivity index (χ0) is 17.7. The van der Waals surface area contributed by atoms with Crippen molar-refractivity contribution >= 4 is 15.7 Å². The monoisotopic (exact) mass is 348 g/mol. The van der Waals surface area contributed by atoms with Crippen LogP contribution in [0.25, 0.3) is 0 Å². The summed E-state index contributed by atoms with van der Waals surface area (Å²) in [5, 5.41) is 2.78. The molecule has 2 rings (SSSR count). The summed E-state index contributed by atoms with van der Waals surface area (Å²) in [6, 6.07) is 9.41. The average Bonchev–Trinajstić information content (AvgIpc) is 2.52. The van der Waals surface area contributed by atoms with Crippen LogP contribution in [0.1, 0.15) is 29.8 Å². The van der Waals surface area contributed by atoms with E-state index >= 15 is 0 Å². The molecule has 1 heterocycles. The van der Waals surface area contributed by atoms with Gasteiger partial charge in [0, 0.05) is 30.1 Å². The molecule has 6 nitrogen and oxygen atoms in total. The van der Waals surface area contributed by atoms with Gasteiger partial charge in [0.1, 0.15) is 0 Å². The molecule has 1 aromatic carbocycles. The molecule has 1 N–H and O–H groups in total. The smallest absolute Gasteiger partial charge is 0.251 e. The number of rotatable bonds is 6. The zero-order valence-corrected chi connectivity index (χ0v) is 14.6. The summed E-state index contributed by atoms with van der Waals surface area (Å²) in [6.45, 7) is 4.07. The first-order valence-corrected chi connectivity index (χ1v) is 9.35. The number of sulfone groups is 1. The average molecular weight is 348 g/mol. The molecular weight excluding hydrogens is 328 g/mol. The van der Waals surface area contributed by atoms with Crippen molar-refractivity contribution in [2.45, 2.75) is 31.4 Å². The Morgan fingerprint density at radius 3 is 2.46 bits per heavy atom. The van der Waals surface area contributed by atoms with E-state index in [1.54, 1.807) is 12.3 Å². The van der Waals surface area contributed by atoms with Crippen LogP contribution in [0.5, 0.6) is 5.88 Å². The number of nitrogens with one attached hydrogen (secondary N) is 1. The topological polar surface area (TPSA) is 85.4 Å². The molecule has 0 unspecified atom stereocenters. The van der Waals surface area contributed by atoms with Crippen LogP contribution in [-0.2, 0) is 16.4 Å². The van der Waals surface area contributed by atoms with Gasteiger partial charge in [0.2, 0.25) is 5.88 Å². The predicted molar refractivity (Wildman–Crippen MR) is 90.7 cm³/mol. The first-order chi connectivity index (χ1) is 11.3. The lowest BCUT2D eigenvalue weighted by Gasteiger charge is -2.13. The van der Waals surface area contributed by atoms with Crippen LogP contribution in [0.15, 0.2) is 47.5 Å². The molecule has 0 atom stereocenters. The van der Waals surface area contributed by atoms with E-state index in [1.807, 2.05) is 19.9 Å². The Hall–Kier alpha value is -2.41. The van der Waals surface area contributed by atoms with E-state index in [1.165, 1.54) is 24.3 Å². The minimum absolute atomic E-state index is 0.0158. The van der Waals surface area contributed by atoms with E-state index in [0.29, 0.717) is 11.4 Å². The Labute approximate surface area is 141 Å². The number of hydrogen-bond donors (Lipinski definition) is 1. The second-order valence-corrected chi connectivity index (χ2v) is 7.63. The van der Waals surface area contributed by atoms with Crippen molar-refractivity contribution in [3.05, 3.63) is 53.7 Å². The summed E-state index contributed by atoms with van der Waals surface area (Å²) in [4.78, 5) is 16.5. The van der Waals surface area contributed by atoms with Crippen molar-refractivity contribution in [2.75, 3.05) is 6.26 Å². The van der Waals surface area contributed by atoms with Crippen LogP contribution in [0.3, 0.4) is 0 Å². The molecule has 0 saturated heterocycles. The van der Waals surface area contributed by atoms with Crippen LogP contribution in [0.2, 0.25) is 0 Å². The van der Waals surface area contributed by atoms with Crippen molar-refractivity contribution in [3.63, 3.8) is 0 Å². The number of nitrogens with zero attached hydrogens (tertiary/aromatic N) is 1. The van der Waals surface area contributed by atoms with Gasteiger partial charge in [0.05, 0.1) is 11.0 Å². The summed E-state index contributed by atoms with van der Waals surface area (Å²) in [5.41, 5.74) is 1.16. The minimum atomic E-state index is -3.27. The first-order valence-electron chi connectivity index (χ1n) is 7.46. The van der Waals surface area contributed by atoms with Gasteiger partial charge < -0.3 is 10.1 Å². The van der Waals surface area contributed by atoms with Gasteiger partial charge in [-0.25, -0.2) is 13.4 Å². The van der Waals surface area contributed by atoms with Gasteiger partial charge in [-0.2, -0.15) is 0 Å². The number of hydrogen-bond acceptors (Lipinski definition) is 5. The first kappa shape index (κ1) is 17.9. The van der Waals surface area contributed by atoms with Gasteiger partial charge in [-0.1, -0.05) is 6.07 Å². The molecule has 1 amide bonds. The fourth-order valence-electron chi connectivity index (χ4n) is 2.02. The standard InChI is InChI=1S/C17H20N2O4S/c1-12(2)23-17-14(5-4-10-18-17)11-19-16(20)13-6-8-15(9-7-13)24(3,21)22/h4-10,12H,11H2,1-3H3,(H,19,20). The third kappa shape index (κ3) is 4.79. The molecule has 128 valence electrons. The summed E-state index contributed by atoms with van der Waals surface area (Å²) in [6.07, 6.45) is 2.74. The lowest BCUT2D eigenvalue weighted by molar-refractivity contribution is 0.0950. The van der Waals surface area contributed by atoms with Crippen LogP contribution >= 0.6 is 0 Å². The van der Waals surface area contributed by atoms with E-state index < -0.39 is 9.84 Å². The zero-order valence-electron chi connectivity index (χ0n) is 13.8. The molecule has 0 bridgehead atoms. The molecule has 24 heavy (non-hydrogen) atoms. The largest absolute Gasteiger partial charge is 0.475 e. The lowest BCUT2D eigenvalue weighted by atomic mass is 10.2. The molecule has 0 aliphatic carbocycles. The highest BCUT2D eigenvalue weighted by atomic mass is 32.2. The van der Waals surface area contributed by atoms with Crippen LogP contribution in [-0.4, -0.2) is 31.7 Å². The fraction of sp³-hybridized carbons (Fsp3) is 0.294. The van der Waals surface area contributed by atoms with Gasteiger partial charge in [-0.15, -0.1) is 0 Å². The Balaban J connectivity index is 2.06. The Kier molecular flexibility index (Phi) is 5.56. The molecule has 0 aliphatic rings. The summed E-state index contributed by atoms with van der Waals surface area (Å²) in [7, 11) is -3.27. The van der Waals surface area contributed by atoms with Crippen molar-refractivity contribution in [3.8, 4) is 5.88 Å². The maximum atomic E-state index is 12.2. The molecule has 7 heteroatoms. The van der Waals surface area contributed by atoms with Crippen molar-refractivity contribution in [1.29, 1.82) is 0 Å². The third-order valence-corrected chi connectivity index (χ3v) is 4.31. The maximum absolute atomic E-state index is 12.2. The molecule has 0 aliphatic heterocycles. The molecule has 0 spiro atoms. The molecule has 0 saturated carbocycles. The molecule has 2 aromatic rings. The molecular formula is C17H20N2O4S. The Morgan fingerprint density at radius 2 is 1.88 bits per heavy atom. The van der Waals surface area contributed by atoms with Gasteiger partial charge >= 0.3 is 0 Å². The van der Waals surface area contributed by atoms with Crippen molar-refractivity contribution in [2.24, 2.45) is 0 Å². The van der Waals surface area contributed by atoms with E-state index in [0.717, 1.165) is 11.8 Å². The predicted octanol–water partition coefficient (Wildman–Crippen LogP) is 2.20. The van der Waals surface area contributed by atoms with E-state index in [4.69, 9.17) is 4.74 Å². The number of carbonyl (C=O) groups excluding carboxylic acids is 1. The number of amides is 1. The van der Waals surface area contributed by atoms with Gasteiger partial charge in [0.25, 0.3) is 5.91 Å². The highest BCUT2D eigenvalue weighted by Crippen LogP contribution is 2.16. The third-order valence-electron chi connectivity index (χ3n) is 3.18.